The maximum absolute atomic E-state index is 11.1. The molecule has 1 atom stereocenters. The zero-order valence-electron chi connectivity index (χ0n) is 8.32. The van der Waals surface area contributed by atoms with Crippen molar-refractivity contribution in [2.75, 3.05) is 20.1 Å². The fourth-order valence-electron chi connectivity index (χ4n) is 0.729. The average molecular weight is 239 g/mol. The van der Waals surface area contributed by atoms with E-state index in [4.69, 9.17) is 11.6 Å². The second kappa shape index (κ2) is 7.05. The molecule has 0 aromatic carbocycles. The van der Waals surface area contributed by atoms with Gasteiger partial charge in [0.2, 0.25) is 6.10 Å². The summed E-state index contributed by atoms with van der Waals surface area (Å²) >= 11 is 5.17. The highest BCUT2D eigenvalue weighted by atomic mass is 35.5. The number of rotatable bonds is 5. The maximum Gasteiger partial charge on any atom is 0.347 e. The number of hydrogen-bond donors (Lipinski definition) is 0. The smallest absolute Gasteiger partial charge is 0.347 e. The first-order chi connectivity index (χ1) is 7.04. The Hall–Kier alpha value is -1.30. The molecule has 0 aliphatic carbocycles. The molecule has 0 heterocycles. The number of halogens is 1. The van der Waals surface area contributed by atoms with Crippen molar-refractivity contribution >= 4 is 29.5 Å². The van der Waals surface area contributed by atoms with Gasteiger partial charge in [0.1, 0.15) is 5.88 Å². The highest BCUT2D eigenvalue weighted by Gasteiger charge is 2.26. The molecule has 0 N–H and O–H groups in total. The van der Waals surface area contributed by atoms with Gasteiger partial charge in [-0.1, -0.05) is 0 Å². The molecule has 0 unspecified atom stereocenters. The topological polar surface area (TPSA) is 78.9 Å². The molecule has 0 saturated carbocycles. The van der Waals surface area contributed by atoms with Gasteiger partial charge in [-0.2, -0.15) is 0 Å². The highest BCUT2D eigenvalue weighted by Crippen LogP contribution is 2.04. The molecular formula is C8H11ClO6. The van der Waals surface area contributed by atoms with Crippen molar-refractivity contribution in [3.8, 4) is 0 Å². The van der Waals surface area contributed by atoms with Crippen LogP contribution >= 0.6 is 11.6 Å². The molecule has 6 nitrogen and oxygen atoms in total. The van der Waals surface area contributed by atoms with Gasteiger partial charge in [-0.05, 0) is 0 Å². The first-order valence-corrected chi connectivity index (χ1v) is 4.48. The molecular weight excluding hydrogens is 228 g/mol. The molecule has 0 aromatic rings. The third-order valence-electron chi connectivity index (χ3n) is 1.43. The lowest BCUT2D eigenvalue weighted by Gasteiger charge is -2.13. The molecule has 0 fully saturated rings. The fraction of sp³-hybridized carbons (Fsp3) is 0.625. The summed E-state index contributed by atoms with van der Waals surface area (Å²) in [4.78, 5) is 32.7. The van der Waals surface area contributed by atoms with Crippen molar-refractivity contribution < 1.29 is 28.6 Å². The van der Waals surface area contributed by atoms with E-state index in [1.54, 1.807) is 0 Å². The molecule has 0 rings (SSSR count). The lowest BCUT2D eigenvalue weighted by atomic mass is 10.2. The highest BCUT2D eigenvalue weighted by molar-refractivity contribution is 6.26. The fourth-order valence-corrected chi connectivity index (χ4v) is 0.792. The Morgan fingerprint density at radius 2 is 1.73 bits per heavy atom. The van der Waals surface area contributed by atoms with Gasteiger partial charge in [0, 0.05) is 0 Å². The molecule has 0 aromatic heterocycles. The second-order valence-electron chi connectivity index (χ2n) is 2.42. The summed E-state index contributed by atoms with van der Waals surface area (Å²) in [5.74, 6) is -2.74. The Morgan fingerprint density at radius 1 is 1.13 bits per heavy atom. The Morgan fingerprint density at radius 3 is 2.13 bits per heavy atom. The van der Waals surface area contributed by atoms with E-state index in [9.17, 15) is 14.4 Å². The summed E-state index contributed by atoms with van der Waals surface area (Å²) in [5, 5.41) is 0. The van der Waals surface area contributed by atoms with Crippen molar-refractivity contribution in [1.29, 1.82) is 0 Å². The molecule has 0 amide bonds. The van der Waals surface area contributed by atoms with E-state index < -0.39 is 36.3 Å². The van der Waals surface area contributed by atoms with E-state index in [0.29, 0.717) is 0 Å². The van der Waals surface area contributed by atoms with Gasteiger partial charge in [-0.15, -0.1) is 11.6 Å². The Labute approximate surface area is 91.4 Å². The molecule has 86 valence electrons. The van der Waals surface area contributed by atoms with Crippen molar-refractivity contribution in [2.45, 2.75) is 12.5 Å². The van der Waals surface area contributed by atoms with Crippen LogP contribution in [0.4, 0.5) is 0 Å². The summed E-state index contributed by atoms with van der Waals surface area (Å²) in [6.07, 6.45) is -1.71. The molecule has 0 aliphatic rings. The van der Waals surface area contributed by atoms with Crippen LogP contribution < -0.4 is 0 Å². The number of hydrogen-bond acceptors (Lipinski definition) is 6. The van der Waals surface area contributed by atoms with Crippen LogP contribution in [-0.4, -0.2) is 44.1 Å². The lowest BCUT2D eigenvalue weighted by molar-refractivity contribution is -0.168. The summed E-state index contributed by atoms with van der Waals surface area (Å²) < 4.78 is 13.2. The third-order valence-corrected chi connectivity index (χ3v) is 1.64. The SMILES string of the molecule is COC(=O)C[C@H](OC(=O)CCl)C(=O)OC. The molecule has 0 aliphatic heterocycles. The van der Waals surface area contributed by atoms with E-state index in [1.807, 2.05) is 0 Å². The van der Waals surface area contributed by atoms with Gasteiger partial charge in [-0.3, -0.25) is 9.59 Å². The van der Waals surface area contributed by atoms with Crippen LogP contribution in [0, 0.1) is 0 Å². The van der Waals surface area contributed by atoms with Gasteiger partial charge in [-0.25, -0.2) is 4.79 Å². The molecule has 0 radical (unpaired) electrons. The van der Waals surface area contributed by atoms with Crippen LogP contribution in [-0.2, 0) is 28.6 Å². The Kier molecular flexibility index (Phi) is 6.44. The number of methoxy groups -OCH3 is 2. The van der Waals surface area contributed by atoms with Gasteiger partial charge in [0.15, 0.2) is 0 Å². The molecule has 15 heavy (non-hydrogen) atoms. The Balaban J connectivity index is 4.37. The van der Waals surface area contributed by atoms with Crippen LogP contribution in [0.2, 0.25) is 0 Å². The average Bonchev–Trinajstić information content (AvgIpc) is 2.26. The van der Waals surface area contributed by atoms with Gasteiger partial charge in [0.25, 0.3) is 0 Å². The number of esters is 3. The first-order valence-electron chi connectivity index (χ1n) is 3.95. The molecule has 0 saturated heterocycles. The molecule has 0 bridgehead atoms. The zero-order valence-corrected chi connectivity index (χ0v) is 9.07. The summed E-state index contributed by atoms with van der Waals surface area (Å²) in [7, 11) is 2.27. The third kappa shape index (κ3) is 5.21. The van der Waals surface area contributed by atoms with E-state index in [2.05, 4.69) is 14.2 Å². The number of carbonyl (C=O) groups excluding carboxylic acids is 3. The Bertz CT molecular complexity index is 234. The summed E-state index contributed by atoms with van der Waals surface area (Å²) in [6, 6.07) is 0. The molecule has 7 heteroatoms. The summed E-state index contributed by atoms with van der Waals surface area (Å²) in [6.45, 7) is 0. The van der Waals surface area contributed by atoms with Gasteiger partial charge < -0.3 is 14.2 Å². The summed E-state index contributed by atoms with van der Waals surface area (Å²) in [5.41, 5.74) is 0. The van der Waals surface area contributed by atoms with Crippen molar-refractivity contribution in [2.24, 2.45) is 0 Å². The first kappa shape index (κ1) is 13.7. The quantitative estimate of drug-likeness (QED) is 0.377. The van der Waals surface area contributed by atoms with E-state index in [1.165, 1.54) is 0 Å². The predicted octanol–water partition coefficient (Wildman–Crippen LogP) is -0.127. The standard InChI is InChI=1S/C8H11ClO6/c1-13-6(10)3-5(8(12)14-2)15-7(11)4-9/h5H,3-4H2,1-2H3/t5-/m0/s1. The van der Waals surface area contributed by atoms with E-state index in [0.717, 1.165) is 14.2 Å². The van der Waals surface area contributed by atoms with Crippen molar-refractivity contribution in [3.63, 3.8) is 0 Å². The largest absolute Gasteiger partial charge is 0.469 e. The van der Waals surface area contributed by atoms with Gasteiger partial charge >= 0.3 is 17.9 Å². The zero-order chi connectivity index (χ0) is 11.8. The number of carbonyl (C=O) groups is 3. The number of ether oxygens (including phenoxy) is 3. The minimum absolute atomic E-state index is 0.397. The van der Waals surface area contributed by atoms with Crippen LogP contribution in [0.15, 0.2) is 0 Å². The normalized spacial score (nSPS) is 11.4. The maximum atomic E-state index is 11.1. The van der Waals surface area contributed by atoms with Crippen LogP contribution in [0.3, 0.4) is 0 Å². The van der Waals surface area contributed by atoms with Crippen LogP contribution in [0.5, 0.6) is 0 Å². The van der Waals surface area contributed by atoms with Crippen LogP contribution in [0.25, 0.3) is 0 Å². The van der Waals surface area contributed by atoms with E-state index in [-0.39, 0.29) is 0 Å². The second-order valence-corrected chi connectivity index (χ2v) is 2.68. The number of alkyl halides is 1. The van der Waals surface area contributed by atoms with Gasteiger partial charge in [0.05, 0.1) is 20.6 Å². The minimum atomic E-state index is -1.31. The van der Waals surface area contributed by atoms with Crippen molar-refractivity contribution in [1.82, 2.24) is 0 Å². The van der Waals surface area contributed by atoms with Crippen LogP contribution in [0.1, 0.15) is 6.42 Å². The molecule has 0 spiro atoms. The lowest BCUT2D eigenvalue weighted by Crippen LogP contribution is -2.31. The van der Waals surface area contributed by atoms with E-state index >= 15 is 0 Å². The predicted molar refractivity (Wildman–Crippen MR) is 49.2 cm³/mol. The monoisotopic (exact) mass is 238 g/mol. The van der Waals surface area contributed by atoms with Crippen molar-refractivity contribution in [3.05, 3.63) is 0 Å². The minimum Gasteiger partial charge on any atom is -0.469 e.